The molecule has 2 heteroatoms. The van der Waals surface area contributed by atoms with Crippen molar-refractivity contribution in [3.8, 4) is 0 Å². The minimum atomic E-state index is 0. The van der Waals surface area contributed by atoms with Crippen molar-refractivity contribution in [1.82, 2.24) is 0 Å². The van der Waals surface area contributed by atoms with Crippen molar-refractivity contribution < 1.29 is 17.7 Å². The van der Waals surface area contributed by atoms with Crippen molar-refractivity contribution >= 4 is 0 Å². The van der Waals surface area contributed by atoms with Crippen LogP contribution in [0, 0.1) is 0 Å². The van der Waals surface area contributed by atoms with E-state index < -0.39 is 0 Å². The Kier molecular flexibility index (Phi) is 37.6. The molecular weight excluding hydrogens is 506 g/mol. The standard InChI is InChI=1S/C38H79N.ClH/c1-5-8-11-14-17-20-23-26-29-32-35-38(39-4,36-33-30-27-24-21-18-15-12-9-6-2)37-34-31-28-25-22-19-16-13-10-7-3;/h39H,5-37H2,1-4H3;1H. The Bertz CT molecular complexity index is 377. The molecule has 0 aromatic rings. The van der Waals surface area contributed by atoms with Gasteiger partial charge >= 0.3 is 0 Å². The van der Waals surface area contributed by atoms with Gasteiger partial charge in [0.25, 0.3) is 0 Å². The summed E-state index contributed by atoms with van der Waals surface area (Å²) in [5.41, 5.74) is 0.542. The smallest absolute Gasteiger partial charge is 0.0959 e. The molecule has 0 aliphatic heterocycles. The van der Waals surface area contributed by atoms with E-state index in [1.165, 1.54) is 212 Å². The summed E-state index contributed by atoms with van der Waals surface area (Å²) in [4.78, 5) is 0. The first kappa shape index (κ1) is 42.4. The zero-order chi connectivity index (χ0) is 28.5. The van der Waals surface area contributed by atoms with Crippen LogP contribution >= 0.6 is 0 Å². The number of hydrogen-bond acceptors (Lipinski definition) is 0. The SMILES string of the molecule is CCCCCCCCCCCCC(CCCCCCCCCCCC)(CCCCCCCCCCCC)[NH2+]C.[Cl-]. The Morgan fingerprint density at radius 1 is 0.300 bits per heavy atom. The molecular formula is C38H80ClN. The third-order valence-corrected chi connectivity index (χ3v) is 9.70. The van der Waals surface area contributed by atoms with Crippen molar-refractivity contribution in [2.45, 2.75) is 238 Å². The van der Waals surface area contributed by atoms with Gasteiger partial charge in [-0.05, 0) is 19.3 Å². The zero-order valence-electron chi connectivity index (χ0n) is 28.8. The van der Waals surface area contributed by atoms with E-state index >= 15 is 0 Å². The van der Waals surface area contributed by atoms with E-state index in [-0.39, 0.29) is 12.4 Å². The first-order valence-electron chi connectivity index (χ1n) is 19.0. The van der Waals surface area contributed by atoms with E-state index in [1.807, 2.05) is 0 Å². The van der Waals surface area contributed by atoms with Gasteiger partial charge in [-0.3, -0.25) is 0 Å². The van der Waals surface area contributed by atoms with Crippen molar-refractivity contribution in [1.29, 1.82) is 0 Å². The molecule has 2 N–H and O–H groups in total. The molecule has 0 saturated heterocycles. The Morgan fingerprint density at radius 2 is 0.475 bits per heavy atom. The van der Waals surface area contributed by atoms with E-state index in [9.17, 15) is 0 Å². The van der Waals surface area contributed by atoms with Gasteiger partial charge in [0, 0.05) is 19.3 Å². The van der Waals surface area contributed by atoms with Gasteiger partial charge in [-0.1, -0.05) is 194 Å². The molecule has 0 heterocycles. The fourth-order valence-corrected chi connectivity index (χ4v) is 6.70. The Balaban J connectivity index is 0. The van der Waals surface area contributed by atoms with Crippen LogP contribution in [0.5, 0.6) is 0 Å². The zero-order valence-corrected chi connectivity index (χ0v) is 29.5. The van der Waals surface area contributed by atoms with Gasteiger partial charge < -0.3 is 17.7 Å². The highest BCUT2D eigenvalue weighted by atomic mass is 35.5. The van der Waals surface area contributed by atoms with Crippen LogP contribution in [0.15, 0.2) is 0 Å². The number of hydrogen-bond donors (Lipinski definition) is 1. The van der Waals surface area contributed by atoms with Gasteiger partial charge in [-0.2, -0.15) is 0 Å². The monoisotopic (exact) mass is 586 g/mol. The van der Waals surface area contributed by atoms with Crippen molar-refractivity contribution in [2.24, 2.45) is 0 Å². The lowest BCUT2D eigenvalue weighted by Crippen LogP contribution is -3.00. The largest absolute Gasteiger partial charge is 1.00 e. The number of nitrogens with two attached hydrogens (primary N) is 1. The van der Waals surface area contributed by atoms with Crippen molar-refractivity contribution in [3.63, 3.8) is 0 Å². The predicted molar refractivity (Wildman–Crippen MR) is 180 cm³/mol. The lowest BCUT2D eigenvalue weighted by molar-refractivity contribution is -0.707. The molecule has 0 rings (SSSR count). The maximum Gasteiger partial charge on any atom is 0.0959 e. The highest BCUT2D eigenvalue weighted by Crippen LogP contribution is 2.26. The van der Waals surface area contributed by atoms with E-state index in [4.69, 9.17) is 0 Å². The van der Waals surface area contributed by atoms with Crippen LogP contribution in [-0.4, -0.2) is 12.6 Å². The molecule has 0 bridgehead atoms. The summed E-state index contributed by atoms with van der Waals surface area (Å²) in [5.74, 6) is 0. The Hall–Kier alpha value is 0.250. The predicted octanol–water partition coefficient (Wildman–Crippen LogP) is 9.86. The summed E-state index contributed by atoms with van der Waals surface area (Å²) >= 11 is 0. The van der Waals surface area contributed by atoms with Crippen molar-refractivity contribution in [3.05, 3.63) is 0 Å². The minimum Gasteiger partial charge on any atom is -1.00 e. The van der Waals surface area contributed by atoms with Gasteiger partial charge in [0.1, 0.15) is 0 Å². The average Bonchev–Trinajstić information content (AvgIpc) is 2.95. The maximum absolute atomic E-state index is 2.67. The molecule has 0 aromatic carbocycles. The first-order chi connectivity index (χ1) is 19.2. The maximum atomic E-state index is 2.67. The Morgan fingerprint density at radius 3 is 0.650 bits per heavy atom. The summed E-state index contributed by atoms with van der Waals surface area (Å²) in [6.45, 7) is 6.96. The highest BCUT2D eigenvalue weighted by Gasteiger charge is 2.30. The molecule has 0 fully saturated rings. The minimum absolute atomic E-state index is 0. The third-order valence-electron chi connectivity index (χ3n) is 9.70. The second kappa shape index (κ2) is 35.4. The molecule has 0 saturated carbocycles. The molecule has 0 aliphatic carbocycles. The molecule has 0 unspecified atom stereocenters. The van der Waals surface area contributed by atoms with Crippen LogP contribution in [0.25, 0.3) is 0 Å². The van der Waals surface area contributed by atoms with E-state index in [2.05, 4.69) is 33.1 Å². The number of unbranched alkanes of at least 4 members (excludes halogenated alkanes) is 27. The number of halogens is 1. The fraction of sp³-hybridized carbons (Fsp3) is 1.00. The van der Waals surface area contributed by atoms with Crippen LogP contribution in [-0.2, 0) is 0 Å². The lowest BCUT2D eigenvalue weighted by atomic mass is 9.81. The molecule has 0 spiro atoms. The normalized spacial score (nSPS) is 11.7. The third kappa shape index (κ3) is 29.7. The molecule has 0 aromatic heterocycles. The van der Waals surface area contributed by atoms with E-state index in [0.717, 1.165) is 0 Å². The summed E-state index contributed by atoms with van der Waals surface area (Å²) in [6, 6.07) is 0. The summed E-state index contributed by atoms with van der Waals surface area (Å²) in [6.07, 6.45) is 48.2. The molecule has 1 nitrogen and oxygen atoms in total. The van der Waals surface area contributed by atoms with Gasteiger partial charge in [0.2, 0.25) is 0 Å². The molecule has 0 amide bonds. The van der Waals surface area contributed by atoms with Gasteiger partial charge in [-0.15, -0.1) is 0 Å². The highest BCUT2D eigenvalue weighted by molar-refractivity contribution is 4.78. The van der Waals surface area contributed by atoms with Crippen LogP contribution in [0.4, 0.5) is 0 Å². The summed E-state index contributed by atoms with van der Waals surface area (Å²) in [5, 5.41) is 2.67. The van der Waals surface area contributed by atoms with Gasteiger partial charge in [0.05, 0.1) is 12.6 Å². The molecule has 0 radical (unpaired) electrons. The van der Waals surface area contributed by atoms with Crippen LogP contribution in [0.2, 0.25) is 0 Å². The Labute approximate surface area is 262 Å². The van der Waals surface area contributed by atoms with E-state index in [1.54, 1.807) is 0 Å². The van der Waals surface area contributed by atoms with Crippen LogP contribution in [0.3, 0.4) is 0 Å². The average molecular weight is 587 g/mol. The van der Waals surface area contributed by atoms with Crippen LogP contribution in [0.1, 0.15) is 233 Å². The first-order valence-corrected chi connectivity index (χ1v) is 19.0. The molecule has 244 valence electrons. The van der Waals surface area contributed by atoms with Gasteiger partial charge in [-0.25, -0.2) is 0 Å². The van der Waals surface area contributed by atoms with Crippen molar-refractivity contribution in [2.75, 3.05) is 7.05 Å². The quantitative estimate of drug-likeness (QED) is 0.0723. The second-order valence-corrected chi connectivity index (χ2v) is 13.4. The van der Waals surface area contributed by atoms with Crippen LogP contribution < -0.4 is 17.7 Å². The number of quaternary nitrogens is 1. The summed E-state index contributed by atoms with van der Waals surface area (Å²) in [7, 11) is 2.41. The molecule has 0 aliphatic rings. The molecule has 40 heavy (non-hydrogen) atoms. The summed E-state index contributed by atoms with van der Waals surface area (Å²) < 4.78 is 0. The second-order valence-electron chi connectivity index (χ2n) is 13.4. The topological polar surface area (TPSA) is 16.6 Å². The molecule has 0 atom stereocenters. The van der Waals surface area contributed by atoms with E-state index in [0.29, 0.717) is 5.54 Å². The lowest BCUT2D eigenvalue weighted by Gasteiger charge is -2.31. The fourth-order valence-electron chi connectivity index (χ4n) is 6.70. The van der Waals surface area contributed by atoms with Gasteiger partial charge in [0.15, 0.2) is 0 Å². The number of rotatable bonds is 34.